The molecule has 11 rings (SSSR count). The fourth-order valence-corrected chi connectivity index (χ4v) is 10.1. The molecule has 5 nitrogen and oxygen atoms in total. The SMILES string of the molecule is C#Cc1c(C#N)c(C(=O)c2ccccc2)c(-c2ccc3c4ccccc4n(-c4ccccc4)c3c2C)c(-c2ccc3c4ccccc4n(-c4ccccc4)c3c2C)c1C(=O)c1ccccc1. The Labute approximate surface area is 382 Å². The molecule has 2 heterocycles. The topological polar surface area (TPSA) is 67.8 Å². The van der Waals surface area contributed by atoms with E-state index in [4.69, 9.17) is 6.42 Å². The van der Waals surface area contributed by atoms with Crippen molar-refractivity contribution in [1.29, 1.82) is 5.26 Å². The highest BCUT2D eigenvalue weighted by atomic mass is 16.1. The lowest BCUT2D eigenvalue weighted by Crippen LogP contribution is -2.16. The van der Waals surface area contributed by atoms with Gasteiger partial charge in [-0.3, -0.25) is 9.59 Å². The molecule has 0 radical (unpaired) electrons. The number of aryl methyl sites for hydroxylation is 2. The molecule has 0 aliphatic carbocycles. The first-order valence-electron chi connectivity index (χ1n) is 21.9. The summed E-state index contributed by atoms with van der Waals surface area (Å²) in [6.07, 6.45) is 6.53. The van der Waals surface area contributed by atoms with Gasteiger partial charge in [0.1, 0.15) is 6.07 Å². The number of hydrogen-bond donors (Lipinski definition) is 0. The Morgan fingerprint density at radius 2 is 0.803 bits per heavy atom. The van der Waals surface area contributed by atoms with E-state index in [1.807, 2.05) is 103 Å². The summed E-state index contributed by atoms with van der Waals surface area (Å²) >= 11 is 0. The largest absolute Gasteiger partial charge is 0.309 e. The van der Waals surface area contributed by atoms with Crippen LogP contribution in [0.4, 0.5) is 0 Å². The third-order valence-electron chi connectivity index (χ3n) is 13.0. The van der Waals surface area contributed by atoms with Gasteiger partial charge in [-0.15, -0.1) is 6.42 Å². The van der Waals surface area contributed by atoms with E-state index in [0.29, 0.717) is 33.4 Å². The summed E-state index contributed by atoms with van der Waals surface area (Å²) < 4.78 is 4.52. The summed E-state index contributed by atoms with van der Waals surface area (Å²) in [4.78, 5) is 31.1. The van der Waals surface area contributed by atoms with Gasteiger partial charge in [0.15, 0.2) is 11.6 Å². The number of benzene rings is 9. The zero-order valence-electron chi connectivity index (χ0n) is 36.2. The van der Waals surface area contributed by atoms with Gasteiger partial charge in [-0.05, 0) is 72.5 Å². The Morgan fingerprint density at radius 1 is 0.439 bits per heavy atom. The molecule has 0 saturated heterocycles. The summed E-state index contributed by atoms with van der Waals surface area (Å²) in [5.41, 5.74) is 11.2. The van der Waals surface area contributed by atoms with Gasteiger partial charge >= 0.3 is 0 Å². The van der Waals surface area contributed by atoms with E-state index in [-0.39, 0.29) is 33.8 Å². The predicted molar refractivity (Wildman–Crippen MR) is 268 cm³/mol. The van der Waals surface area contributed by atoms with Crippen molar-refractivity contribution in [2.75, 3.05) is 0 Å². The zero-order chi connectivity index (χ0) is 45.1. The molecule has 0 N–H and O–H groups in total. The van der Waals surface area contributed by atoms with Crippen LogP contribution in [0.1, 0.15) is 54.1 Å². The van der Waals surface area contributed by atoms with Crippen molar-refractivity contribution in [2.45, 2.75) is 13.8 Å². The first-order valence-corrected chi connectivity index (χ1v) is 21.9. The van der Waals surface area contributed by atoms with E-state index in [0.717, 1.165) is 66.1 Å². The molecule has 310 valence electrons. The number of rotatable bonds is 8. The van der Waals surface area contributed by atoms with E-state index < -0.39 is 0 Å². The third-order valence-corrected chi connectivity index (χ3v) is 13.0. The number of nitriles is 1. The molecule has 0 unspecified atom stereocenters. The maximum Gasteiger partial charge on any atom is 0.195 e. The van der Waals surface area contributed by atoms with Crippen molar-refractivity contribution < 1.29 is 9.59 Å². The summed E-state index contributed by atoms with van der Waals surface area (Å²) in [6.45, 7) is 4.14. The molecular weight excluding hydrogens is 807 g/mol. The van der Waals surface area contributed by atoms with Crippen LogP contribution < -0.4 is 0 Å². The number of fused-ring (bicyclic) bond motifs is 6. The third kappa shape index (κ3) is 6.03. The molecular formula is C61H39N3O2. The lowest BCUT2D eigenvalue weighted by Gasteiger charge is -2.25. The minimum absolute atomic E-state index is 0.0235. The monoisotopic (exact) mass is 845 g/mol. The molecule has 11 aromatic rings. The van der Waals surface area contributed by atoms with Gasteiger partial charge in [-0.25, -0.2) is 0 Å². The quantitative estimate of drug-likeness (QED) is 0.113. The lowest BCUT2D eigenvalue weighted by molar-refractivity contribution is 0.102. The molecule has 0 amide bonds. The van der Waals surface area contributed by atoms with E-state index in [1.54, 1.807) is 24.3 Å². The Morgan fingerprint density at radius 3 is 1.20 bits per heavy atom. The molecule has 0 atom stereocenters. The van der Waals surface area contributed by atoms with Crippen molar-refractivity contribution >= 4 is 55.2 Å². The van der Waals surface area contributed by atoms with E-state index in [9.17, 15) is 5.26 Å². The molecule has 0 spiro atoms. The molecule has 0 aliphatic heterocycles. The highest BCUT2D eigenvalue weighted by Gasteiger charge is 2.34. The first kappa shape index (κ1) is 39.8. The zero-order valence-corrected chi connectivity index (χ0v) is 36.2. The molecule has 9 aromatic carbocycles. The Bertz CT molecular complexity index is 3610. The number of nitrogens with zero attached hydrogens (tertiary/aromatic N) is 3. The van der Waals surface area contributed by atoms with Gasteiger partial charge in [0.05, 0.1) is 38.8 Å². The highest BCUT2D eigenvalue weighted by Crippen LogP contribution is 2.49. The molecule has 0 bridgehead atoms. The summed E-state index contributed by atoms with van der Waals surface area (Å²) in [5.74, 6) is 2.08. The highest BCUT2D eigenvalue weighted by molar-refractivity contribution is 6.24. The maximum atomic E-state index is 15.6. The van der Waals surface area contributed by atoms with Crippen molar-refractivity contribution in [1.82, 2.24) is 9.13 Å². The molecule has 5 heteroatoms. The van der Waals surface area contributed by atoms with Crippen LogP contribution in [0.2, 0.25) is 0 Å². The molecule has 66 heavy (non-hydrogen) atoms. The second kappa shape index (κ2) is 16.0. The average molecular weight is 846 g/mol. The van der Waals surface area contributed by atoms with Crippen LogP contribution in [0.5, 0.6) is 0 Å². The van der Waals surface area contributed by atoms with Gasteiger partial charge in [0.25, 0.3) is 0 Å². The second-order valence-electron chi connectivity index (χ2n) is 16.5. The van der Waals surface area contributed by atoms with Crippen LogP contribution in [0.25, 0.3) is 77.2 Å². The van der Waals surface area contributed by atoms with Crippen LogP contribution in [0.15, 0.2) is 194 Å². The number of ketones is 2. The smallest absolute Gasteiger partial charge is 0.195 e. The van der Waals surface area contributed by atoms with Gasteiger partial charge in [0, 0.05) is 60.7 Å². The second-order valence-corrected chi connectivity index (χ2v) is 16.5. The van der Waals surface area contributed by atoms with Gasteiger partial charge < -0.3 is 9.13 Å². The van der Waals surface area contributed by atoms with Gasteiger partial charge in [-0.2, -0.15) is 5.26 Å². The van der Waals surface area contributed by atoms with Crippen molar-refractivity contribution in [3.8, 4) is 52.0 Å². The summed E-state index contributed by atoms with van der Waals surface area (Å²) in [5, 5.41) is 15.6. The van der Waals surface area contributed by atoms with Gasteiger partial charge in [-0.1, -0.05) is 164 Å². The molecule has 0 fully saturated rings. The predicted octanol–water partition coefficient (Wildman–Crippen LogP) is 14.1. The van der Waals surface area contributed by atoms with Crippen LogP contribution >= 0.6 is 0 Å². The Kier molecular flexibility index (Phi) is 9.62. The number of carbonyl (C=O) groups is 2. The Balaban J connectivity index is 1.38. The first-order chi connectivity index (χ1) is 32.4. The Hall–Kier alpha value is -9.03. The molecule has 0 aliphatic rings. The number of carbonyl (C=O) groups excluding carboxylic acids is 2. The van der Waals surface area contributed by atoms with Crippen LogP contribution in [0, 0.1) is 37.5 Å². The number of aromatic nitrogens is 2. The van der Waals surface area contributed by atoms with Crippen molar-refractivity contribution in [3.63, 3.8) is 0 Å². The van der Waals surface area contributed by atoms with Gasteiger partial charge in [0.2, 0.25) is 0 Å². The maximum absolute atomic E-state index is 15.6. The van der Waals surface area contributed by atoms with Crippen LogP contribution in [-0.2, 0) is 0 Å². The fourth-order valence-electron chi connectivity index (χ4n) is 10.1. The van der Waals surface area contributed by atoms with Crippen LogP contribution in [0.3, 0.4) is 0 Å². The fraction of sp³-hybridized carbons (Fsp3) is 0.0328. The van der Waals surface area contributed by atoms with Crippen molar-refractivity contribution in [3.05, 3.63) is 239 Å². The van der Waals surface area contributed by atoms with Crippen molar-refractivity contribution in [2.24, 2.45) is 0 Å². The standard InChI is InChI=1S/C61H39N3O2/c1-4-44-51(37-62)57(61(66)41-23-11-6-12-24-41)55(46-34-36-50-48-30-18-20-32-53(48)64(59(50)39(46)3)43-27-15-8-16-28-43)54(56(44)60(65)40-21-9-5-10-22-40)45-33-35-49-47-29-17-19-31-52(47)63(58(49)38(45)2)42-25-13-7-14-26-42/h1,5-36H,2-3H3. The number of para-hydroxylation sites is 4. The average Bonchev–Trinajstić information content (AvgIpc) is 3.91. The van der Waals surface area contributed by atoms with Crippen LogP contribution in [-0.4, -0.2) is 20.7 Å². The normalized spacial score (nSPS) is 11.3. The summed E-state index contributed by atoms with van der Waals surface area (Å²) in [7, 11) is 0. The van der Waals surface area contributed by atoms with E-state index in [2.05, 4.69) is 102 Å². The lowest BCUT2D eigenvalue weighted by atomic mass is 9.75. The number of terminal acetylenes is 1. The molecule has 2 aromatic heterocycles. The van der Waals surface area contributed by atoms with E-state index in [1.165, 1.54) is 0 Å². The minimum atomic E-state index is -0.376. The minimum Gasteiger partial charge on any atom is -0.309 e. The number of hydrogen-bond acceptors (Lipinski definition) is 3. The summed E-state index contributed by atoms with van der Waals surface area (Å²) in [6, 6.07) is 65.8. The van der Waals surface area contributed by atoms with E-state index >= 15 is 9.59 Å². The molecule has 0 saturated carbocycles.